The van der Waals surface area contributed by atoms with E-state index in [0.29, 0.717) is 23.6 Å². The van der Waals surface area contributed by atoms with Crippen LogP contribution in [0.25, 0.3) is 0 Å². The molecule has 0 aromatic heterocycles. The highest BCUT2D eigenvalue weighted by molar-refractivity contribution is 6.04. The third-order valence-corrected chi connectivity index (χ3v) is 4.91. The Morgan fingerprint density at radius 3 is 2.47 bits per heavy atom. The molecule has 0 radical (unpaired) electrons. The summed E-state index contributed by atoms with van der Waals surface area (Å²) in [6.45, 7) is 3.38. The Kier molecular flexibility index (Phi) is 6.30. The summed E-state index contributed by atoms with van der Waals surface area (Å²) in [4.78, 5) is 12.5. The van der Waals surface area contributed by atoms with Crippen molar-refractivity contribution >= 4 is 11.6 Å². The lowest BCUT2D eigenvalue weighted by Gasteiger charge is -2.12. The first-order chi connectivity index (χ1) is 14.7. The van der Waals surface area contributed by atoms with Crippen molar-refractivity contribution in [3.63, 3.8) is 0 Å². The van der Waals surface area contributed by atoms with Gasteiger partial charge in [0, 0.05) is 17.9 Å². The van der Waals surface area contributed by atoms with E-state index in [2.05, 4.69) is 5.32 Å². The summed E-state index contributed by atoms with van der Waals surface area (Å²) >= 11 is 0. The van der Waals surface area contributed by atoms with E-state index in [4.69, 9.17) is 14.2 Å². The Morgan fingerprint density at radius 1 is 1.00 bits per heavy atom. The van der Waals surface area contributed by atoms with Crippen LogP contribution in [-0.2, 0) is 4.74 Å². The molecule has 1 N–H and O–H groups in total. The standard InChI is InChI=1S/C25H25NO4/c1-18-4-2-5-23(16-18)30-22-13-9-20(10-14-22)26-25(27)19-7-11-21(12-8-19)29-17-24-6-3-15-28-24/h2,4-5,7-14,16,24H,3,6,15,17H2,1H3,(H,26,27)/t24-/m1/s1. The van der Waals surface area contributed by atoms with E-state index >= 15 is 0 Å². The second-order valence-corrected chi connectivity index (χ2v) is 7.37. The van der Waals surface area contributed by atoms with Gasteiger partial charge >= 0.3 is 0 Å². The predicted octanol–water partition coefficient (Wildman–Crippen LogP) is 5.60. The van der Waals surface area contributed by atoms with Crippen LogP contribution in [0.3, 0.4) is 0 Å². The van der Waals surface area contributed by atoms with Gasteiger partial charge in [-0.3, -0.25) is 4.79 Å². The minimum Gasteiger partial charge on any atom is -0.491 e. The molecule has 5 nitrogen and oxygen atoms in total. The van der Waals surface area contributed by atoms with Gasteiger partial charge in [0.05, 0.1) is 6.10 Å². The Morgan fingerprint density at radius 2 is 1.77 bits per heavy atom. The van der Waals surface area contributed by atoms with E-state index in [0.717, 1.165) is 36.5 Å². The number of hydrogen-bond acceptors (Lipinski definition) is 4. The zero-order chi connectivity index (χ0) is 20.8. The smallest absolute Gasteiger partial charge is 0.255 e. The van der Waals surface area contributed by atoms with E-state index in [1.807, 2.05) is 67.6 Å². The molecule has 0 aliphatic carbocycles. The lowest BCUT2D eigenvalue weighted by atomic mass is 10.2. The first-order valence-electron chi connectivity index (χ1n) is 10.2. The topological polar surface area (TPSA) is 56.8 Å². The summed E-state index contributed by atoms with van der Waals surface area (Å²) < 4.78 is 17.1. The van der Waals surface area contributed by atoms with Crippen molar-refractivity contribution in [2.75, 3.05) is 18.5 Å². The summed E-state index contributed by atoms with van der Waals surface area (Å²) in [7, 11) is 0. The number of hydrogen-bond donors (Lipinski definition) is 1. The van der Waals surface area contributed by atoms with E-state index in [1.54, 1.807) is 12.1 Å². The number of aryl methyl sites for hydroxylation is 1. The highest BCUT2D eigenvalue weighted by Gasteiger charge is 2.16. The molecule has 1 saturated heterocycles. The average molecular weight is 403 g/mol. The SMILES string of the molecule is Cc1cccc(Oc2ccc(NC(=O)c3ccc(OC[C@H]4CCCO4)cc3)cc2)c1. The molecule has 0 unspecified atom stereocenters. The fourth-order valence-electron chi connectivity index (χ4n) is 3.29. The molecule has 1 atom stereocenters. The van der Waals surface area contributed by atoms with E-state index in [1.165, 1.54) is 0 Å². The Labute approximate surface area is 176 Å². The van der Waals surface area contributed by atoms with Gasteiger partial charge in [0.25, 0.3) is 5.91 Å². The van der Waals surface area contributed by atoms with Crippen LogP contribution in [0.1, 0.15) is 28.8 Å². The quantitative estimate of drug-likeness (QED) is 0.558. The van der Waals surface area contributed by atoms with Crippen molar-refractivity contribution in [1.29, 1.82) is 0 Å². The number of nitrogens with one attached hydrogen (secondary N) is 1. The lowest BCUT2D eigenvalue weighted by Crippen LogP contribution is -2.16. The van der Waals surface area contributed by atoms with Gasteiger partial charge in [0.15, 0.2) is 0 Å². The summed E-state index contributed by atoms with van der Waals surface area (Å²) in [5, 5.41) is 2.90. The molecule has 4 rings (SSSR count). The van der Waals surface area contributed by atoms with Crippen molar-refractivity contribution in [2.24, 2.45) is 0 Å². The highest BCUT2D eigenvalue weighted by atomic mass is 16.5. The number of anilines is 1. The molecule has 1 amide bonds. The molecule has 1 fully saturated rings. The first kappa shape index (κ1) is 20.0. The van der Waals surface area contributed by atoms with Gasteiger partial charge in [-0.1, -0.05) is 12.1 Å². The summed E-state index contributed by atoms with van der Waals surface area (Å²) in [6.07, 6.45) is 2.30. The summed E-state index contributed by atoms with van der Waals surface area (Å²) in [5.41, 5.74) is 2.41. The maximum atomic E-state index is 12.5. The van der Waals surface area contributed by atoms with Crippen LogP contribution in [0.4, 0.5) is 5.69 Å². The number of carbonyl (C=O) groups is 1. The van der Waals surface area contributed by atoms with Gasteiger partial charge in [0.2, 0.25) is 0 Å². The fraction of sp³-hybridized carbons (Fsp3) is 0.240. The van der Waals surface area contributed by atoms with Gasteiger partial charge in [-0.2, -0.15) is 0 Å². The van der Waals surface area contributed by atoms with Crippen molar-refractivity contribution in [3.05, 3.63) is 83.9 Å². The van der Waals surface area contributed by atoms with Crippen LogP contribution in [-0.4, -0.2) is 25.2 Å². The number of benzene rings is 3. The number of rotatable bonds is 7. The van der Waals surface area contributed by atoms with Gasteiger partial charge < -0.3 is 19.5 Å². The van der Waals surface area contributed by atoms with Gasteiger partial charge in [-0.15, -0.1) is 0 Å². The van der Waals surface area contributed by atoms with Crippen LogP contribution in [0.5, 0.6) is 17.2 Å². The highest BCUT2D eigenvalue weighted by Crippen LogP contribution is 2.24. The molecule has 5 heteroatoms. The molecular formula is C25H25NO4. The molecule has 0 bridgehead atoms. The van der Waals surface area contributed by atoms with E-state index in [-0.39, 0.29) is 12.0 Å². The molecule has 1 heterocycles. The second-order valence-electron chi connectivity index (χ2n) is 7.37. The van der Waals surface area contributed by atoms with E-state index < -0.39 is 0 Å². The van der Waals surface area contributed by atoms with Gasteiger partial charge in [0.1, 0.15) is 23.9 Å². The molecule has 1 aliphatic rings. The third-order valence-electron chi connectivity index (χ3n) is 4.91. The monoisotopic (exact) mass is 403 g/mol. The Bertz CT molecular complexity index is 977. The van der Waals surface area contributed by atoms with Crippen LogP contribution in [0.15, 0.2) is 72.8 Å². The molecule has 3 aromatic rings. The molecule has 0 spiro atoms. The number of ether oxygens (including phenoxy) is 3. The van der Waals surface area contributed by atoms with Crippen LogP contribution >= 0.6 is 0 Å². The van der Waals surface area contributed by atoms with E-state index in [9.17, 15) is 4.79 Å². The number of carbonyl (C=O) groups excluding carboxylic acids is 1. The molecule has 30 heavy (non-hydrogen) atoms. The largest absolute Gasteiger partial charge is 0.491 e. The Hall–Kier alpha value is -3.31. The van der Waals surface area contributed by atoms with Crippen molar-refractivity contribution in [3.8, 4) is 17.2 Å². The molecular weight excluding hydrogens is 378 g/mol. The number of amides is 1. The maximum Gasteiger partial charge on any atom is 0.255 e. The molecule has 154 valence electrons. The van der Waals surface area contributed by atoms with Gasteiger partial charge in [-0.05, 0) is 86.0 Å². The zero-order valence-corrected chi connectivity index (χ0v) is 17.0. The maximum absolute atomic E-state index is 12.5. The first-order valence-corrected chi connectivity index (χ1v) is 10.2. The van der Waals surface area contributed by atoms with Crippen LogP contribution in [0, 0.1) is 6.92 Å². The van der Waals surface area contributed by atoms with Gasteiger partial charge in [-0.25, -0.2) is 0 Å². The Balaban J connectivity index is 1.30. The fourth-order valence-corrected chi connectivity index (χ4v) is 3.29. The van der Waals surface area contributed by atoms with Crippen molar-refractivity contribution in [1.82, 2.24) is 0 Å². The normalized spacial score (nSPS) is 15.6. The van der Waals surface area contributed by atoms with Crippen molar-refractivity contribution < 1.29 is 19.0 Å². The average Bonchev–Trinajstić information content (AvgIpc) is 3.28. The molecule has 0 saturated carbocycles. The van der Waals surface area contributed by atoms with Crippen LogP contribution in [0.2, 0.25) is 0 Å². The zero-order valence-electron chi connectivity index (χ0n) is 17.0. The second kappa shape index (κ2) is 9.46. The molecule has 1 aliphatic heterocycles. The third kappa shape index (κ3) is 5.39. The van der Waals surface area contributed by atoms with Crippen molar-refractivity contribution in [2.45, 2.75) is 25.9 Å². The minimum absolute atomic E-state index is 0.172. The minimum atomic E-state index is -0.173. The summed E-state index contributed by atoms with van der Waals surface area (Å²) in [5.74, 6) is 2.06. The predicted molar refractivity (Wildman–Crippen MR) is 117 cm³/mol. The summed E-state index contributed by atoms with van der Waals surface area (Å²) in [6, 6.07) is 22.3. The lowest BCUT2D eigenvalue weighted by molar-refractivity contribution is 0.0679. The van der Waals surface area contributed by atoms with Crippen LogP contribution < -0.4 is 14.8 Å². The molecule has 3 aromatic carbocycles.